The predicted octanol–water partition coefficient (Wildman–Crippen LogP) is 1.94. The maximum Gasteiger partial charge on any atom is 0.331 e. The number of carboxylic acid groups (broad SMARTS) is 1. The Bertz CT molecular complexity index is 558. The zero-order valence-corrected chi connectivity index (χ0v) is 11.0. The highest BCUT2D eigenvalue weighted by atomic mass is 32.2. The Labute approximate surface area is 106 Å². The second-order valence-corrected chi connectivity index (χ2v) is 5.77. The van der Waals surface area contributed by atoms with Crippen molar-refractivity contribution in [2.45, 2.75) is 13.8 Å². The lowest BCUT2D eigenvalue weighted by Gasteiger charge is -2.05. The zero-order chi connectivity index (χ0) is 13.8. The molecule has 0 aliphatic rings. The number of aliphatic carboxylic acids is 1. The molecule has 5 nitrogen and oxygen atoms in total. The molecule has 0 aliphatic carbocycles. The molecule has 1 aromatic rings. The van der Waals surface area contributed by atoms with Gasteiger partial charge in [-0.15, -0.1) is 0 Å². The third-order valence-electron chi connectivity index (χ3n) is 2.28. The first-order valence-corrected chi connectivity index (χ1v) is 7.01. The second kappa shape index (κ2) is 5.68. The minimum absolute atomic E-state index is 0.00672. The maximum absolute atomic E-state index is 11.3. The van der Waals surface area contributed by atoms with E-state index in [9.17, 15) is 13.2 Å². The minimum Gasteiger partial charge on any atom is -0.478 e. The molecule has 0 aliphatic heterocycles. The summed E-state index contributed by atoms with van der Waals surface area (Å²) in [6, 6.07) is 6.49. The van der Waals surface area contributed by atoms with Crippen molar-refractivity contribution in [1.29, 1.82) is 0 Å². The fourth-order valence-electron chi connectivity index (χ4n) is 1.21. The van der Waals surface area contributed by atoms with Crippen molar-refractivity contribution in [2.24, 2.45) is 0 Å². The molecular weight excluding hydrogens is 254 g/mol. The zero-order valence-electron chi connectivity index (χ0n) is 10.2. The fraction of sp³-hybridized carbons (Fsp3) is 0.250. The Kier molecular flexibility index (Phi) is 4.49. The van der Waals surface area contributed by atoms with E-state index in [1.54, 1.807) is 31.2 Å². The lowest BCUT2D eigenvalue weighted by molar-refractivity contribution is -0.132. The van der Waals surface area contributed by atoms with Crippen LogP contribution in [0.3, 0.4) is 0 Å². The van der Waals surface area contributed by atoms with Gasteiger partial charge in [0.15, 0.2) is 0 Å². The molecule has 0 spiro atoms. The number of hydrogen-bond donors (Lipinski definition) is 2. The molecule has 98 valence electrons. The van der Waals surface area contributed by atoms with Crippen molar-refractivity contribution >= 4 is 27.8 Å². The molecule has 0 atom stereocenters. The van der Waals surface area contributed by atoms with Gasteiger partial charge in [0.05, 0.1) is 5.75 Å². The summed E-state index contributed by atoms with van der Waals surface area (Å²) in [4.78, 5) is 10.6. The van der Waals surface area contributed by atoms with E-state index in [1.807, 2.05) is 0 Å². The number of rotatable bonds is 5. The van der Waals surface area contributed by atoms with E-state index in [2.05, 4.69) is 4.72 Å². The molecular formula is C12H15NO4S. The first kappa shape index (κ1) is 14.2. The normalized spacial score (nSPS) is 12.2. The highest BCUT2D eigenvalue weighted by molar-refractivity contribution is 7.92. The van der Waals surface area contributed by atoms with Crippen LogP contribution in [-0.2, 0) is 14.8 Å². The number of carboxylic acids is 1. The summed E-state index contributed by atoms with van der Waals surface area (Å²) in [5, 5.41) is 8.72. The minimum atomic E-state index is -3.28. The van der Waals surface area contributed by atoms with Crippen LogP contribution in [0.5, 0.6) is 0 Å². The van der Waals surface area contributed by atoms with Gasteiger partial charge in [-0.3, -0.25) is 4.72 Å². The molecule has 0 amide bonds. The van der Waals surface area contributed by atoms with Gasteiger partial charge in [0.25, 0.3) is 0 Å². The van der Waals surface area contributed by atoms with Gasteiger partial charge < -0.3 is 5.11 Å². The van der Waals surface area contributed by atoms with Crippen molar-refractivity contribution in [2.75, 3.05) is 10.5 Å². The van der Waals surface area contributed by atoms with E-state index in [4.69, 9.17) is 5.11 Å². The topological polar surface area (TPSA) is 83.5 Å². The molecule has 0 bridgehead atoms. The third-order valence-corrected chi connectivity index (χ3v) is 3.59. The van der Waals surface area contributed by atoms with Crippen LogP contribution in [0.1, 0.15) is 19.4 Å². The summed E-state index contributed by atoms with van der Waals surface area (Å²) >= 11 is 0. The fourth-order valence-corrected chi connectivity index (χ4v) is 1.85. The van der Waals surface area contributed by atoms with E-state index < -0.39 is 16.0 Å². The van der Waals surface area contributed by atoms with Gasteiger partial charge in [-0.2, -0.15) is 0 Å². The Hall–Kier alpha value is -1.82. The van der Waals surface area contributed by atoms with Crippen molar-refractivity contribution < 1.29 is 18.3 Å². The Morgan fingerprint density at radius 1 is 1.33 bits per heavy atom. The van der Waals surface area contributed by atoms with Gasteiger partial charge in [-0.1, -0.05) is 12.1 Å². The second-order valence-electron chi connectivity index (χ2n) is 3.76. The largest absolute Gasteiger partial charge is 0.478 e. The SMILES string of the molecule is CCS(=O)(=O)Nc1ccc(/C=C(\C)C(=O)O)cc1. The molecule has 1 aromatic carbocycles. The first-order chi connectivity index (χ1) is 8.34. The monoisotopic (exact) mass is 269 g/mol. The Balaban J connectivity index is 2.88. The van der Waals surface area contributed by atoms with E-state index in [1.165, 1.54) is 13.0 Å². The smallest absolute Gasteiger partial charge is 0.331 e. The van der Waals surface area contributed by atoms with E-state index in [-0.39, 0.29) is 11.3 Å². The van der Waals surface area contributed by atoms with E-state index in [0.29, 0.717) is 11.3 Å². The van der Waals surface area contributed by atoms with Gasteiger partial charge in [-0.25, -0.2) is 13.2 Å². The van der Waals surface area contributed by atoms with Crippen molar-refractivity contribution in [1.82, 2.24) is 0 Å². The number of nitrogens with one attached hydrogen (secondary N) is 1. The number of carbonyl (C=O) groups is 1. The summed E-state index contributed by atoms with van der Waals surface area (Å²) in [6.45, 7) is 3.05. The van der Waals surface area contributed by atoms with Gasteiger partial charge in [0.1, 0.15) is 0 Å². The standard InChI is InChI=1S/C12H15NO4S/c1-3-18(16,17)13-11-6-4-10(5-7-11)8-9(2)12(14)15/h4-8,13H,3H2,1-2H3,(H,14,15)/b9-8+. The average molecular weight is 269 g/mol. The highest BCUT2D eigenvalue weighted by Crippen LogP contribution is 2.14. The predicted molar refractivity (Wildman–Crippen MR) is 70.8 cm³/mol. The summed E-state index contributed by atoms with van der Waals surface area (Å²) < 4.78 is 25.0. The van der Waals surface area contributed by atoms with Crippen LogP contribution in [0.15, 0.2) is 29.8 Å². The molecule has 1 rings (SSSR count). The molecule has 0 saturated carbocycles. The van der Waals surface area contributed by atoms with Gasteiger partial charge in [0.2, 0.25) is 10.0 Å². The van der Waals surface area contributed by atoms with Crippen LogP contribution in [-0.4, -0.2) is 25.2 Å². The van der Waals surface area contributed by atoms with E-state index in [0.717, 1.165) is 0 Å². The van der Waals surface area contributed by atoms with Crippen LogP contribution in [0.2, 0.25) is 0 Å². The lowest BCUT2D eigenvalue weighted by atomic mass is 10.1. The van der Waals surface area contributed by atoms with Crippen LogP contribution in [0.4, 0.5) is 5.69 Å². The molecule has 0 radical (unpaired) electrons. The average Bonchev–Trinajstić information content (AvgIpc) is 2.31. The molecule has 2 N–H and O–H groups in total. The number of anilines is 1. The molecule has 6 heteroatoms. The molecule has 0 saturated heterocycles. The molecule has 0 unspecified atom stereocenters. The van der Waals surface area contributed by atoms with Crippen molar-refractivity contribution in [3.8, 4) is 0 Å². The number of benzene rings is 1. The summed E-state index contributed by atoms with van der Waals surface area (Å²) in [7, 11) is -3.28. The first-order valence-electron chi connectivity index (χ1n) is 5.36. The van der Waals surface area contributed by atoms with Crippen LogP contribution < -0.4 is 4.72 Å². The number of sulfonamides is 1. The summed E-state index contributed by atoms with van der Waals surface area (Å²) in [6.07, 6.45) is 1.51. The van der Waals surface area contributed by atoms with Crippen molar-refractivity contribution in [3.05, 3.63) is 35.4 Å². The molecule has 0 fully saturated rings. The van der Waals surface area contributed by atoms with Crippen molar-refractivity contribution in [3.63, 3.8) is 0 Å². The van der Waals surface area contributed by atoms with Crippen LogP contribution in [0, 0.1) is 0 Å². The summed E-state index contributed by atoms with van der Waals surface area (Å²) in [5.74, 6) is -0.974. The quantitative estimate of drug-likeness (QED) is 0.800. The van der Waals surface area contributed by atoms with Crippen LogP contribution in [0.25, 0.3) is 6.08 Å². The van der Waals surface area contributed by atoms with Crippen LogP contribution >= 0.6 is 0 Å². The number of hydrogen-bond acceptors (Lipinski definition) is 3. The lowest BCUT2D eigenvalue weighted by Crippen LogP contribution is -2.14. The van der Waals surface area contributed by atoms with Gasteiger partial charge in [0, 0.05) is 11.3 Å². The molecule has 18 heavy (non-hydrogen) atoms. The maximum atomic E-state index is 11.3. The third kappa shape index (κ3) is 4.21. The highest BCUT2D eigenvalue weighted by Gasteiger charge is 2.06. The molecule has 0 aromatic heterocycles. The van der Waals surface area contributed by atoms with Gasteiger partial charge >= 0.3 is 5.97 Å². The van der Waals surface area contributed by atoms with E-state index >= 15 is 0 Å². The molecule has 0 heterocycles. The summed E-state index contributed by atoms with van der Waals surface area (Å²) in [5.41, 5.74) is 1.38. The van der Waals surface area contributed by atoms with Gasteiger partial charge in [-0.05, 0) is 37.6 Å². The Morgan fingerprint density at radius 2 is 1.89 bits per heavy atom. The Morgan fingerprint density at radius 3 is 2.33 bits per heavy atom.